The molecular formula is C17H21F2NO4. The molecule has 0 unspecified atom stereocenters. The molecule has 1 aliphatic rings. The number of alkyl halides is 2. The summed E-state index contributed by atoms with van der Waals surface area (Å²) >= 11 is 0. The van der Waals surface area contributed by atoms with Gasteiger partial charge in [-0.25, -0.2) is 4.79 Å². The van der Waals surface area contributed by atoms with E-state index < -0.39 is 12.6 Å². The number of nitrogens with one attached hydrogen (secondary N) is 1. The molecule has 7 heteroatoms. The van der Waals surface area contributed by atoms with Crippen LogP contribution in [-0.4, -0.2) is 31.1 Å². The molecule has 1 aromatic carbocycles. The zero-order valence-corrected chi connectivity index (χ0v) is 13.5. The monoisotopic (exact) mass is 341 g/mol. The van der Waals surface area contributed by atoms with Crippen LogP contribution in [-0.2, 0) is 9.53 Å². The van der Waals surface area contributed by atoms with Crippen molar-refractivity contribution in [3.8, 4) is 5.75 Å². The van der Waals surface area contributed by atoms with Gasteiger partial charge in [-0.3, -0.25) is 4.79 Å². The van der Waals surface area contributed by atoms with E-state index in [1.807, 2.05) is 0 Å². The molecular weight excluding hydrogens is 320 g/mol. The highest BCUT2D eigenvalue weighted by Gasteiger charge is 2.23. The Morgan fingerprint density at radius 2 is 1.88 bits per heavy atom. The Morgan fingerprint density at radius 3 is 2.50 bits per heavy atom. The Kier molecular flexibility index (Phi) is 6.52. The minimum atomic E-state index is -2.92. The van der Waals surface area contributed by atoms with Gasteiger partial charge < -0.3 is 14.8 Å². The van der Waals surface area contributed by atoms with Gasteiger partial charge in [-0.05, 0) is 43.0 Å². The lowest BCUT2D eigenvalue weighted by atomic mass is 9.86. The highest BCUT2D eigenvalue weighted by Crippen LogP contribution is 2.23. The molecule has 0 heterocycles. The first-order chi connectivity index (χ1) is 11.5. The van der Waals surface area contributed by atoms with E-state index in [1.165, 1.54) is 30.7 Å². The van der Waals surface area contributed by atoms with Crippen molar-refractivity contribution in [3.05, 3.63) is 29.8 Å². The van der Waals surface area contributed by atoms with Crippen molar-refractivity contribution in [2.45, 2.75) is 45.3 Å². The third-order valence-electron chi connectivity index (χ3n) is 4.11. The van der Waals surface area contributed by atoms with Crippen LogP contribution in [0.25, 0.3) is 0 Å². The molecule has 1 saturated carbocycles. The molecule has 2 rings (SSSR count). The SMILES string of the molecule is C[C@H]1CCCC[C@H]1NC(=O)COC(=O)c1ccc(OC(F)F)cc1. The second kappa shape index (κ2) is 8.61. The molecule has 0 aliphatic heterocycles. The first-order valence-corrected chi connectivity index (χ1v) is 7.97. The van der Waals surface area contributed by atoms with E-state index in [2.05, 4.69) is 17.0 Å². The molecule has 5 nitrogen and oxygen atoms in total. The first kappa shape index (κ1) is 18.2. The molecule has 1 N–H and O–H groups in total. The van der Waals surface area contributed by atoms with Gasteiger partial charge in [-0.2, -0.15) is 8.78 Å². The number of esters is 1. The topological polar surface area (TPSA) is 64.6 Å². The van der Waals surface area contributed by atoms with Gasteiger partial charge in [-0.1, -0.05) is 19.8 Å². The average Bonchev–Trinajstić information content (AvgIpc) is 2.55. The van der Waals surface area contributed by atoms with Gasteiger partial charge in [0, 0.05) is 6.04 Å². The molecule has 2 atom stereocenters. The lowest BCUT2D eigenvalue weighted by Crippen LogP contribution is -2.42. The normalized spacial score (nSPS) is 20.5. The number of amides is 1. The van der Waals surface area contributed by atoms with Crippen LogP contribution in [0.4, 0.5) is 8.78 Å². The molecule has 1 fully saturated rings. The van der Waals surface area contributed by atoms with Crippen molar-refractivity contribution in [2.24, 2.45) is 5.92 Å². The summed E-state index contributed by atoms with van der Waals surface area (Å²) in [6.07, 6.45) is 4.28. The Balaban J connectivity index is 1.78. The zero-order chi connectivity index (χ0) is 17.5. The smallest absolute Gasteiger partial charge is 0.387 e. The molecule has 1 aliphatic carbocycles. The largest absolute Gasteiger partial charge is 0.452 e. The number of carbonyl (C=O) groups excluding carboxylic acids is 2. The molecule has 1 aromatic rings. The Labute approximate surface area is 139 Å². The zero-order valence-electron chi connectivity index (χ0n) is 13.5. The quantitative estimate of drug-likeness (QED) is 0.808. The summed E-state index contributed by atoms with van der Waals surface area (Å²) in [5.74, 6) is -0.656. The fraction of sp³-hybridized carbons (Fsp3) is 0.529. The Morgan fingerprint density at radius 1 is 1.21 bits per heavy atom. The van der Waals surface area contributed by atoms with E-state index in [4.69, 9.17) is 4.74 Å². The second-order valence-corrected chi connectivity index (χ2v) is 5.91. The number of hydrogen-bond acceptors (Lipinski definition) is 4. The summed E-state index contributed by atoms with van der Waals surface area (Å²) in [4.78, 5) is 23.7. The maximum Gasteiger partial charge on any atom is 0.387 e. The second-order valence-electron chi connectivity index (χ2n) is 5.91. The average molecular weight is 341 g/mol. The molecule has 0 spiro atoms. The van der Waals surface area contributed by atoms with Crippen LogP contribution in [0.1, 0.15) is 43.0 Å². The summed E-state index contributed by atoms with van der Waals surface area (Å²) in [6, 6.07) is 5.22. The summed E-state index contributed by atoms with van der Waals surface area (Å²) < 4.78 is 33.2. The van der Waals surface area contributed by atoms with Crippen molar-refractivity contribution in [3.63, 3.8) is 0 Å². The van der Waals surface area contributed by atoms with Crippen LogP contribution < -0.4 is 10.1 Å². The number of hydrogen-bond donors (Lipinski definition) is 1. The lowest BCUT2D eigenvalue weighted by molar-refractivity contribution is -0.125. The first-order valence-electron chi connectivity index (χ1n) is 7.97. The van der Waals surface area contributed by atoms with Gasteiger partial charge in [0.1, 0.15) is 5.75 Å². The number of benzene rings is 1. The predicted molar refractivity (Wildman–Crippen MR) is 82.9 cm³/mol. The summed E-state index contributed by atoms with van der Waals surface area (Å²) in [7, 11) is 0. The number of halogens is 2. The van der Waals surface area contributed by atoms with Gasteiger partial charge in [0.25, 0.3) is 5.91 Å². The van der Waals surface area contributed by atoms with Gasteiger partial charge in [-0.15, -0.1) is 0 Å². The molecule has 1 amide bonds. The third-order valence-corrected chi connectivity index (χ3v) is 4.11. The summed E-state index contributed by atoms with van der Waals surface area (Å²) in [5.41, 5.74) is 0.162. The highest BCUT2D eigenvalue weighted by molar-refractivity contribution is 5.91. The third kappa shape index (κ3) is 5.47. The van der Waals surface area contributed by atoms with Crippen molar-refractivity contribution < 1.29 is 27.8 Å². The molecule has 132 valence electrons. The minimum absolute atomic E-state index is 0.0504. The fourth-order valence-electron chi connectivity index (χ4n) is 2.77. The maximum absolute atomic E-state index is 12.1. The van der Waals surface area contributed by atoms with Gasteiger partial charge in [0.2, 0.25) is 0 Å². The molecule has 0 bridgehead atoms. The molecule has 24 heavy (non-hydrogen) atoms. The van der Waals surface area contributed by atoms with E-state index in [1.54, 1.807) is 0 Å². The van der Waals surface area contributed by atoms with E-state index >= 15 is 0 Å². The van der Waals surface area contributed by atoms with Crippen molar-refractivity contribution in [2.75, 3.05) is 6.61 Å². The van der Waals surface area contributed by atoms with Crippen molar-refractivity contribution in [1.29, 1.82) is 0 Å². The minimum Gasteiger partial charge on any atom is -0.452 e. The van der Waals surface area contributed by atoms with Crippen LogP contribution in [0.3, 0.4) is 0 Å². The van der Waals surface area contributed by atoms with Crippen LogP contribution in [0.5, 0.6) is 5.75 Å². The Hall–Kier alpha value is -2.18. The van der Waals surface area contributed by atoms with Crippen LogP contribution in [0.2, 0.25) is 0 Å². The van der Waals surface area contributed by atoms with Gasteiger partial charge in [0.05, 0.1) is 5.56 Å². The fourth-order valence-corrected chi connectivity index (χ4v) is 2.77. The van der Waals surface area contributed by atoms with Crippen LogP contribution in [0, 0.1) is 5.92 Å². The highest BCUT2D eigenvalue weighted by atomic mass is 19.3. The van der Waals surface area contributed by atoms with Crippen molar-refractivity contribution >= 4 is 11.9 Å². The molecule has 0 aromatic heterocycles. The van der Waals surface area contributed by atoms with Gasteiger partial charge in [0.15, 0.2) is 6.61 Å². The van der Waals surface area contributed by atoms with E-state index in [-0.39, 0.29) is 29.9 Å². The summed E-state index contributed by atoms with van der Waals surface area (Å²) in [6.45, 7) is -1.19. The van der Waals surface area contributed by atoms with E-state index in [9.17, 15) is 18.4 Å². The van der Waals surface area contributed by atoms with Gasteiger partial charge >= 0.3 is 12.6 Å². The van der Waals surface area contributed by atoms with E-state index in [0.717, 1.165) is 19.3 Å². The van der Waals surface area contributed by atoms with Crippen molar-refractivity contribution in [1.82, 2.24) is 5.32 Å². The number of ether oxygens (including phenoxy) is 2. The lowest BCUT2D eigenvalue weighted by Gasteiger charge is -2.29. The molecule has 0 radical (unpaired) electrons. The maximum atomic E-state index is 12.1. The summed E-state index contributed by atoms with van der Waals surface area (Å²) in [5, 5.41) is 2.89. The van der Waals surface area contributed by atoms with E-state index in [0.29, 0.717) is 5.92 Å². The van der Waals surface area contributed by atoms with Crippen LogP contribution in [0.15, 0.2) is 24.3 Å². The Bertz CT molecular complexity index is 562. The predicted octanol–water partition coefficient (Wildman–Crippen LogP) is 3.14. The number of rotatable bonds is 6. The molecule has 0 saturated heterocycles. The number of carbonyl (C=O) groups is 2. The van der Waals surface area contributed by atoms with Crippen LogP contribution >= 0.6 is 0 Å². The standard InChI is InChI=1S/C17H21F2NO4/c1-11-4-2-3-5-14(11)20-15(21)10-23-16(22)12-6-8-13(9-7-12)24-17(18)19/h6-9,11,14,17H,2-5,10H2,1H3,(H,20,21)/t11-,14+/m0/s1.